The molecule has 1 aliphatic heterocycles. The average Bonchev–Trinajstić information content (AvgIpc) is 2.77. The van der Waals surface area contributed by atoms with Gasteiger partial charge in [-0.2, -0.15) is 4.99 Å². The molecule has 2 rings (SSSR count). The summed E-state index contributed by atoms with van der Waals surface area (Å²) in [6.45, 7) is 0.188. The van der Waals surface area contributed by atoms with Crippen LogP contribution in [0.4, 0.5) is 4.79 Å². The van der Waals surface area contributed by atoms with Gasteiger partial charge in [-0.15, -0.1) is 17.8 Å². The fraction of sp³-hybridized carbons (Fsp3) is 0.222. The number of thiazole rings is 1. The first-order valence-electron chi connectivity index (χ1n) is 4.21. The molecule has 2 amide bonds. The molecule has 0 spiro atoms. The number of terminal acetylenes is 1. The van der Waals surface area contributed by atoms with Gasteiger partial charge in [0.2, 0.25) is 0 Å². The van der Waals surface area contributed by atoms with Crippen molar-refractivity contribution in [3.05, 3.63) is 16.6 Å². The Kier molecular flexibility index (Phi) is 2.39. The zero-order chi connectivity index (χ0) is 10.8. The van der Waals surface area contributed by atoms with E-state index in [4.69, 9.17) is 12.2 Å². The molecule has 1 aromatic rings. The van der Waals surface area contributed by atoms with Crippen molar-refractivity contribution < 1.29 is 4.79 Å². The molecule has 1 aliphatic rings. The molecular weight excluding hydrogens is 212 g/mol. The van der Waals surface area contributed by atoms with Crippen molar-refractivity contribution in [2.24, 2.45) is 10.7 Å². The zero-order valence-electron chi connectivity index (χ0n) is 7.75. The van der Waals surface area contributed by atoms with Crippen LogP contribution in [-0.4, -0.2) is 28.3 Å². The number of carbonyl (C=O) groups is 1. The number of rotatable bonds is 2. The molecule has 0 radical (unpaired) electrons. The Balaban J connectivity index is 2.33. The minimum Gasteiger partial charge on any atom is -0.385 e. The second-order valence-corrected chi connectivity index (χ2v) is 3.85. The van der Waals surface area contributed by atoms with E-state index in [9.17, 15) is 4.79 Å². The Bertz CT molecular complexity index is 445. The summed E-state index contributed by atoms with van der Waals surface area (Å²) in [6.07, 6.45) is 6.84. The van der Waals surface area contributed by atoms with Crippen LogP contribution in [0.15, 0.2) is 16.6 Å². The van der Waals surface area contributed by atoms with Gasteiger partial charge in [-0.1, -0.05) is 5.92 Å². The maximum Gasteiger partial charge on any atom is 0.347 e. The van der Waals surface area contributed by atoms with Gasteiger partial charge in [0.25, 0.3) is 0 Å². The van der Waals surface area contributed by atoms with Crippen LogP contribution in [0, 0.1) is 12.3 Å². The maximum atomic E-state index is 11.4. The average molecular weight is 220 g/mol. The third kappa shape index (κ3) is 1.57. The Morgan fingerprint density at radius 2 is 2.53 bits per heavy atom. The second-order valence-electron chi connectivity index (χ2n) is 2.92. The van der Waals surface area contributed by atoms with Crippen molar-refractivity contribution in [2.75, 3.05) is 6.54 Å². The van der Waals surface area contributed by atoms with Crippen molar-refractivity contribution in [3.63, 3.8) is 0 Å². The van der Waals surface area contributed by atoms with Gasteiger partial charge in [-0.25, -0.2) is 9.78 Å². The lowest BCUT2D eigenvalue weighted by molar-refractivity contribution is 0.213. The Morgan fingerprint density at radius 3 is 3.13 bits per heavy atom. The number of amidine groups is 1. The Labute approximate surface area is 90.6 Å². The number of hydrogen-bond donors (Lipinski definition) is 1. The summed E-state index contributed by atoms with van der Waals surface area (Å²) in [5, 5.41) is 2.55. The number of nitrogens with zero attached hydrogens (tertiary/aromatic N) is 3. The highest BCUT2D eigenvalue weighted by Crippen LogP contribution is 2.27. The van der Waals surface area contributed by atoms with E-state index < -0.39 is 12.1 Å². The lowest BCUT2D eigenvalue weighted by Gasteiger charge is -2.19. The highest BCUT2D eigenvalue weighted by atomic mass is 32.1. The number of nitrogens with two attached hydrogens (primary N) is 1. The summed E-state index contributed by atoms with van der Waals surface area (Å²) in [4.78, 5) is 20.6. The predicted molar refractivity (Wildman–Crippen MR) is 57.4 cm³/mol. The molecular formula is C9H8N4OS. The molecule has 1 aromatic heterocycles. The summed E-state index contributed by atoms with van der Waals surface area (Å²) in [5.41, 5.74) is 5.67. The highest BCUT2D eigenvalue weighted by Gasteiger charge is 2.35. The van der Waals surface area contributed by atoms with Gasteiger partial charge in [0, 0.05) is 11.6 Å². The van der Waals surface area contributed by atoms with Gasteiger partial charge in [0.05, 0.1) is 6.54 Å². The van der Waals surface area contributed by atoms with E-state index in [-0.39, 0.29) is 12.4 Å². The maximum absolute atomic E-state index is 11.4. The van der Waals surface area contributed by atoms with Gasteiger partial charge in [-0.3, -0.25) is 4.90 Å². The zero-order valence-corrected chi connectivity index (χ0v) is 8.57. The summed E-state index contributed by atoms with van der Waals surface area (Å²) < 4.78 is 0. The molecule has 5 nitrogen and oxygen atoms in total. The van der Waals surface area contributed by atoms with Gasteiger partial charge >= 0.3 is 6.03 Å². The van der Waals surface area contributed by atoms with E-state index in [1.165, 1.54) is 16.2 Å². The molecule has 0 aromatic carbocycles. The standard InChI is InChI=1S/C9H8N4OS/c1-2-4-13-6(7(10)12-9(13)14)8-11-3-5-15-8/h1,3,5-6H,4H2,(H2,10,12,14). The summed E-state index contributed by atoms with van der Waals surface area (Å²) in [7, 11) is 0. The topological polar surface area (TPSA) is 71.6 Å². The molecule has 0 saturated heterocycles. The van der Waals surface area contributed by atoms with Crippen LogP contribution in [0.25, 0.3) is 0 Å². The van der Waals surface area contributed by atoms with Crippen LogP contribution in [0.5, 0.6) is 0 Å². The number of hydrogen-bond acceptors (Lipinski definition) is 4. The van der Waals surface area contributed by atoms with Gasteiger partial charge < -0.3 is 5.73 Å². The normalized spacial score (nSPS) is 20.2. The minimum absolute atomic E-state index is 0.188. The van der Waals surface area contributed by atoms with Crippen LogP contribution in [-0.2, 0) is 0 Å². The first-order chi connectivity index (χ1) is 7.24. The molecule has 6 heteroatoms. The quantitative estimate of drug-likeness (QED) is 0.742. The molecule has 2 N–H and O–H groups in total. The molecule has 0 saturated carbocycles. The molecule has 0 fully saturated rings. The van der Waals surface area contributed by atoms with E-state index in [2.05, 4.69) is 15.9 Å². The summed E-state index contributed by atoms with van der Waals surface area (Å²) in [5.74, 6) is 2.66. The lowest BCUT2D eigenvalue weighted by Crippen LogP contribution is -2.33. The van der Waals surface area contributed by atoms with Crippen molar-refractivity contribution in [3.8, 4) is 12.3 Å². The van der Waals surface area contributed by atoms with E-state index in [1.54, 1.807) is 6.20 Å². The number of aromatic nitrogens is 1. The largest absolute Gasteiger partial charge is 0.385 e. The van der Waals surface area contributed by atoms with E-state index in [0.29, 0.717) is 0 Å². The molecule has 1 unspecified atom stereocenters. The number of urea groups is 1. The lowest BCUT2D eigenvalue weighted by atomic mass is 10.2. The van der Waals surface area contributed by atoms with Crippen LogP contribution in [0.1, 0.15) is 11.0 Å². The molecule has 0 aliphatic carbocycles. The fourth-order valence-corrected chi connectivity index (χ4v) is 2.15. The van der Waals surface area contributed by atoms with Gasteiger partial charge in [0.1, 0.15) is 16.9 Å². The molecule has 2 heterocycles. The van der Waals surface area contributed by atoms with Crippen LogP contribution in [0.3, 0.4) is 0 Å². The smallest absolute Gasteiger partial charge is 0.347 e. The van der Waals surface area contributed by atoms with Crippen LogP contribution < -0.4 is 5.73 Å². The molecule has 15 heavy (non-hydrogen) atoms. The third-order valence-corrected chi connectivity index (χ3v) is 2.84. The van der Waals surface area contributed by atoms with Crippen molar-refractivity contribution in [2.45, 2.75) is 6.04 Å². The Hall–Kier alpha value is -1.87. The van der Waals surface area contributed by atoms with Crippen molar-refractivity contribution >= 4 is 23.2 Å². The van der Waals surface area contributed by atoms with Crippen LogP contribution in [0.2, 0.25) is 0 Å². The Morgan fingerprint density at radius 1 is 1.73 bits per heavy atom. The molecule has 0 bridgehead atoms. The molecule has 76 valence electrons. The predicted octanol–water partition coefficient (Wildman–Crippen LogP) is 0.610. The van der Waals surface area contributed by atoms with Gasteiger partial charge in [0.15, 0.2) is 0 Å². The monoisotopic (exact) mass is 220 g/mol. The third-order valence-electron chi connectivity index (χ3n) is 2.01. The molecule has 1 atom stereocenters. The fourth-order valence-electron chi connectivity index (χ4n) is 1.39. The number of aliphatic imine (C=N–C) groups is 1. The summed E-state index contributed by atoms with van der Waals surface area (Å²) in [6, 6.07) is -0.792. The van der Waals surface area contributed by atoms with Crippen molar-refractivity contribution in [1.82, 2.24) is 9.88 Å². The summed E-state index contributed by atoms with van der Waals surface area (Å²) >= 11 is 1.42. The highest BCUT2D eigenvalue weighted by molar-refractivity contribution is 7.09. The van der Waals surface area contributed by atoms with E-state index in [1.807, 2.05) is 5.38 Å². The van der Waals surface area contributed by atoms with E-state index >= 15 is 0 Å². The van der Waals surface area contributed by atoms with E-state index in [0.717, 1.165) is 5.01 Å². The minimum atomic E-state index is -0.398. The van der Waals surface area contributed by atoms with Crippen molar-refractivity contribution in [1.29, 1.82) is 0 Å². The first-order valence-corrected chi connectivity index (χ1v) is 5.09. The SMILES string of the molecule is C#CCN1C(=O)N=C(N)C1c1nccs1. The van der Waals surface area contributed by atoms with Gasteiger partial charge in [-0.05, 0) is 0 Å². The first kappa shape index (κ1) is 9.68. The van der Waals surface area contributed by atoms with Crippen LogP contribution >= 0.6 is 11.3 Å². The second kappa shape index (κ2) is 3.71. The number of carbonyl (C=O) groups excluding carboxylic acids is 1. The number of amides is 2.